The van der Waals surface area contributed by atoms with Crippen molar-refractivity contribution in [3.8, 4) is 5.75 Å². The third-order valence-electron chi connectivity index (χ3n) is 3.21. The third-order valence-corrected chi connectivity index (χ3v) is 4.81. The van der Waals surface area contributed by atoms with Crippen LogP contribution in [0.1, 0.15) is 24.1 Å². The van der Waals surface area contributed by atoms with Gasteiger partial charge >= 0.3 is 0 Å². The molecule has 0 aliphatic heterocycles. The van der Waals surface area contributed by atoms with Crippen LogP contribution >= 0.6 is 45.8 Å². The molecule has 0 saturated heterocycles. The Bertz CT molecular complexity index is 634. The molecule has 2 aromatic rings. The van der Waals surface area contributed by atoms with Crippen LogP contribution in [-0.4, -0.2) is 13.7 Å². The Morgan fingerprint density at radius 1 is 1.14 bits per heavy atom. The van der Waals surface area contributed by atoms with Crippen LogP contribution < -0.4 is 10.1 Å². The van der Waals surface area contributed by atoms with Crippen LogP contribution in [-0.2, 0) is 0 Å². The van der Waals surface area contributed by atoms with Crippen LogP contribution in [0.5, 0.6) is 5.75 Å². The zero-order chi connectivity index (χ0) is 15.4. The predicted octanol–water partition coefficient (Wildman–Crippen LogP) is 5.31. The normalized spacial score (nSPS) is 12.2. The van der Waals surface area contributed by atoms with Crippen molar-refractivity contribution in [2.45, 2.75) is 13.0 Å². The van der Waals surface area contributed by atoms with Gasteiger partial charge in [-0.05, 0) is 52.4 Å². The first kappa shape index (κ1) is 16.9. The van der Waals surface area contributed by atoms with Gasteiger partial charge in [0.25, 0.3) is 0 Å². The van der Waals surface area contributed by atoms with Gasteiger partial charge < -0.3 is 10.1 Å². The van der Waals surface area contributed by atoms with E-state index in [9.17, 15) is 0 Å². The van der Waals surface area contributed by atoms with E-state index in [4.69, 9.17) is 27.9 Å². The van der Waals surface area contributed by atoms with Crippen LogP contribution in [0, 0.1) is 3.57 Å². The van der Waals surface area contributed by atoms with Crippen molar-refractivity contribution in [1.82, 2.24) is 5.32 Å². The van der Waals surface area contributed by atoms with Gasteiger partial charge in [-0.1, -0.05) is 48.3 Å². The summed E-state index contributed by atoms with van der Waals surface area (Å²) < 4.78 is 6.40. The van der Waals surface area contributed by atoms with E-state index in [0.29, 0.717) is 15.8 Å². The fourth-order valence-corrected chi connectivity index (χ4v) is 3.43. The molecule has 112 valence electrons. The van der Waals surface area contributed by atoms with Crippen LogP contribution in [0.3, 0.4) is 0 Å². The van der Waals surface area contributed by atoms with Gasteiger partial charge in [0, 0.05) is 14.7 Å². The molecule has 2 aromatic carbocycles. The molecule has 21 heavy (non-hydrogen) atoms. The molecular weight excluding hydrogens is 420 g/mol. The SMILES string of the molecule is CCNC(c1cc(Cl)c(OC)cc1Cl)c1ccccc1I. The Labute approximate surface area is 148 Å². The molecule has 0 aliphatic rings. The summed E-state index contributed by atoms with van der Waals surface area (Å²) >= 11 is 15.0. The van der Waals surface area contributed by atoms with E-state index in [2.05, 4.69) is 47.0 Å². The predicted molar refractivity (Wildman–Crippen MR) is 97.7 cm³/mol. The van der Waals surface area contributed by atoms with Crippen molar-refractivity contribution in [2.24, 2.45) is 0 Å². The summed E-state index contributed by atoms with van der Waals surface area (Å²) in [6, 6.07) is 11.9. The highest BCUT2D eigenvalue weighted by Gasteiger charge is 2.20. The molecule has 0 saturated carbocycles. The molecule has 0 aliphatic carbocycles. The molecule has 2 rings (SSSR count). The molecule has 0 fully saturated rings. The van der Waals surface area contributed by atoms with Crippen molar-refractivity contribution in [1.29, 1.82) is 0 Å². The van der Waals surface area contributed by atoms with Crippen molar-refractivity contribution >= 4 is 45.8 Å². The van der Waals surface area contributed by atoms with Crippen molar-refractivity contribution < 1.29 is 4.74 Å². The molecule has 1 unspecified atom stereocenters. The summed E-state index contributed by atoms with van der Waals surface area (Å²) in [6.45, 7) is 2.90. The Hall–Kier alpha value is -0.490. The minimum absolute atomic E-state index is 0.000920. The van der Waals surface area contributed by atoms with Crippen molar-refractivity contribution in [3.05, 3.63) is 61.1 Å². The fraction of sp³-hybridized carbons (Fsp3) is 0.250. The Kier molecular flexibility index (Phi) is 6.17. The van der Waals surface area contributed by atoms with Crippen LogP contribution in [0.25, 0.3) is 0 Å². The van der Waals surface area contributed by atoms with Gasteiger partial charge in [-0.25, -0.2) is 0 Å². The quantitative estimate of drug-likeness (QED) is 0.643. The fourth-order valence-electron chi connectivity index (χ4n) is 2.22. The van der Waals surface area contributed by atoms with Gasteiger partial charge in [-0.3, -0.25) is 0 Å². The number of ether oxygens (including phenoxy) is 1. The molecule has 5 heteroatoms. The second-order valence-electron chi connectivity index (χ2n) is 4.52. The first-order chi connectivity index (χ1) is 10.1. The summed E-state index contributed by atoms with van der Waals surface area (Å²) in [6.07, 6.45) is 0. The zero-order valence-electron chi connectivity index (χ0n) is 11.8. The van der Waals surface area contributed by atoms with E-state index in [1.54, 1.807) is 13.2 Å². The lowest BCUT2D eigenvalue weighted by Crippen LogP contribution is -2.23. The maximum atomic E-state index is 6.43. The van der Waals surface area contributed by atoms with Gasteiger partial charge in [0.15, 0.2) is 0 Å². The molecule has 0 spiro atoms. The number of hydrogen-bond donors (Lipinski definition) is 1. The van der Waals surface area contributed by atoms with E-state index in [1.807, 2.05) is 18.2 Å². The highest BCUT2D eigenvalue weighted by molar-refractivity contribution is 14.1. The van der Waals surface area contributed by atoms with E-state index in [-0.39, 0.29) is 6.04 Å². The number of nitrogens with one attached hydrogen (secondary N) is 1. The molecule has 0 heterocycles. The first-order valence-electron chi connectivity index (χ1n) is 6.59. The molecule has 1 N–H and O–H groups in total. The Morgan fingerprint density at radius 3 is 2.48 bits per heavy atom. The number of halogens is 3. The average molecular weight is 436 g/mol. The Morgan fingerprint density at radius 2 is 1.86 bits per heavy atom. The maximum absolute atomic E-state index is 6.43. The summed E-state index contributed by atoms with van der Waals surface area (Å²) in [5.74, 6) is 0.587. The largest absolute Gasteiger partial charge is 0.495 e. The lowest BCUT2D eigenvalue weighted by atomic mass is 9.98. The minimum atomic E-state index is -0.000920. The smallest absolute Gasteiger partial charge is 0.138 e. The van der Waals surface area contributed by atoms with E-state index in [0.717, 1.165) is 12.1 Å². The maximum Gasteiger partial charge on any atom is 0.138 e. The zero-order valence-corrected chi connectivity index (χ0v) is 15.5. The number of methoxy groups -OCH3 is 1. The van der Waals surface area contributed by atoms with Gasteiger partial charge in [0.05, 0.1) is 18.2 Å². The summed E-state index contributed by atoms with van der Waals surface area (Å²) in [7, 11) is 1.58. The van der Waals surface area contributed by atoms with E-state index < -0.39 is 0 Å². The molecule has 0 bridgehead atoms. The summed E-state index contributed by atoms with van der Waals surface area (Å²) in [5.41, 5.74) is 2.14. The van der Waals surface area contributed by atoms with Gasteiger partial charge in [0.1, 0.15) is 5.75 Å². The molecule has 0 amide bonds. The third kappa shape index (κ3) is 3.83. The standard InChI is InChI=1S/C16H16Cl2INO/c1-3-20-16(10-6-4-5-7-14(10)19)11-8-13(18)15(21-2)9-12(11)17/h4-9,16,20H,3H2,1-2H3. The monoisotopic (exact) mass is 435 g/mol. The number of hydrogen-bond acceptors (Lipinski definition) is 2. The molecule has 0 aromatic heterocycles. The van der Waals surface area contributed by atoms with Crippen molar-refractivity contribution in [3.63, 3.8) is 0 Å². The highest BCUT2D eigenvalue weighted by Crippen LogP contribution is 2.37. The van der Waals surface area contributed by atoms with Crippen LogP contribution in [0.4, 0.5) is 0 Å². The average Bonchev–Trinajstić information content (AvgIpc) is 2.48. The van der Waals surface area contributed by atoms with E-state index >= 15 is 0 Å². The lowest BCUT2D eigenvalue weighted by molar-refractivity contribution is 0.414. The summed E-state index contributed by atoms with van der Waals surface area (Å²) in [4.78, 5) is 0. The van der Waals surface area contributed by atoms with Crippen LogP contribution in [0.15, 0.2) is 36.4 Å². The molecule has 0 radical (unpaired) electrons. The number of benzene rings is 2. The van der Waals surface area contributed by atoms with E-state index in [1.165, 1.54) is 9.13 Å². The molecular formula is C16H16Cl2INO. The summed E-state index contributed by atoms with van der Waals surface area (Å²) in [5, 5.41) is 4.67. The highest BCUT2D eigenvalue weighted by atomic mass is 127. The second-order valence-corrected chi connectivity index (χ2v) is 6.50. The van der Waals surface area contributed by atoms with Crippen molar-refractivity contribution in [2.75, 3.05) is 13.7 Å². The number of rotatable bonds is 5. The Balaban J connectivity index is 2.53. The topological polar surface area (TPSA) is 21.3 Å². The molecule has 1 atom stereocenters. The lowest BCUT2D eigenvalue weighted by Gasteiger charge is -2.22. The van der Waals surface area contributed by atoms with Crippen LogP contribution in [0.2, 0.25) is 10.0 Å². The van der Waals surface area contributed by atoms with Gasteiger partial charge in [0.2, 0.25) is 0 Å². The first-order valence-corrected chi connectivity index (χ1v) is 8.42. The van der Waals surface area contributed by atoms with Gasteiger partial charge in [-0.2, -0.15) is 0 Å². The minimum Gasteiger partial charge on any atom is -0.495 e. The van der Waals surface area contributed by atoms with Gasteiger partial charge in [-0.15, -0.1) is 0 Å². The second kappa shape index (κ2) is 7.68. The molecule has 2 nitrogen and oxygen atoms in total.